The van der Waals surface area contributed by atoms with Crippen molar-refractivity contribution in [1.29, 1.82) is 0 Å². The number of aryl methyl sites for hydroxylation is 2. The van der Waals surface area contributed by atoms with E-state index in [1.807, 2.05) is 12.1 Å². The van der Waals surface area contributed by atoms with Crippen molar-refractivity contribution in [2.75, 3.05) is 6.54 Å². The smallest absolute Gasteiger partial charge is 0.210 e. The van der Waals surface area contributed by atoms with Gasteiger partial charge in [0.15, 0.2) is 0 Å². The van der Waals surface area contributed by atoms with Crippen LogP contribution in [-0.2, 0) is 22.9 Å². The van der Waals surface area contributed by atoms with Gasteiger partial charge >= 0.3 is 0 Å². The minimum Gasteiger partial charge on any atom is -0.210 e. The SMILES string of the molecule is CCC(CC)C(Cl)CNS(=O)(=O)c1ccc2c(c1)CCC2. The van der Waals surface area contributed by atoms with Gasteiger partial charge in [0, 0.05) is 11.9 Å². The Morgan fingerprint density at radius 3 is 2.52 bits per heavy atom. The van der Waals surface area contributed by atoms with Gasteiger partial charge in [0.1, 0.15) is 0 Å². The molecule has 0 bridgehead atoms. The van der Waals surface area contributed by atoms with Crippen LogP contribution in [0.2, 0.25) is 0 Å². The second kappa shape index (κ2) is 7.12. The van der Waals surface area contributed by atoms with Gasteiger partial charge in [-0.15, -0.1) is 11.6 Å². The van der Waals surface area contributed by atoms with E-state index in [0.29, 0.717) is 10.8 Å². The summed E-state index contributed by atoms with van der Waals surface area (Å²) in [6, 6.07) is 5.45. The number of halogens is 1. The van der Waals surface area contributed by atoms with E-state index in [4.69, 9.17) is 11.6 Å². The van der Waals surface area contributed by atoms with Crippen LogP contribution in [0, 0.1) is 5.92 Å². The minimum atomic E-state index is -3.46. The lowest BCUT2D eigenvalue weighted by Crippen LogP contribution is -2.33. The van der Waals surface area contributed by atoms with Crippen LogP contribution in [0.1, 0.15) is 44.2 Å². The maximum absolute atomic E-state index is 12.4. The molecule has 1 aliphatic carbocycles. The molecule has 1 aromatic carbocycles. The number of hydrogen-bond donors (Lipinski definition) is 1. The minimum absolute atomic E-state index is 0.163. The molecule has 5 heteroatoms. The number of sulfonamides is 1. The van der Waals surface area contributed by atoms with E-state index < -0.39 is 10.0 Å². The third-order valence-corrected chi connectivity index (χ3v) is 6.34. The standard InChI is InChI=1S/C16H24ClNO2S/c1-3-12(4-2)16(17)11-18-21(19,20)15-9-8-13-6-5-7-14(13)10-15/h8-10,12,16,18H,3-7,11H2,1-2H3. The average molecular weight is 330 g/mol. The molecule has 0 saturated heterocycles. The lowest BCUT2D eigenvalue weighted by Gasteiger charge is -2.19. The molecular weight excluding hydrogens is 306 g/mol. The molecule has 1 aromatic rings. The summed E-state index contributed by atoms with van der Waals surface area (Å²) in [7, 11) is -3.46. The van der Waals surface area contributed by atoms with Gasteiger partial charge in [0.2, 0.25) is 10.0 Å². The maximum atomic E-state index is 12.4. The fraction of sp³-hybridized carbons (Fsp3) is 0.625. The highest BCUT2D eigenvalue weighted by Gasteiger charge is 2.21. The van der Waals surface area contributed by atoms with Crippen molar-refractivity contribution in [3.05, 3.63) is 29.3 Å². The molecule has 0 heterocycles. The molecule has 1 N–H and O–H groups in total. The Bertz CT molecular complexity index is 582. The van der Waals surface area contributed by atoms with Crippen molar-refractivity contribution in [3.8, 4) is 0 Å². The van der Waals surface area contributed by atoms with Gasteiger partial charge in [-0.2, -0.15) is 0 Å². The Morgan fingerprint density at radius 1 is 1.19 bits per heavy atom. The van der Waals surface area contributed by atoms with E-state index in [9.17, 15) is 8.42 Å². The van der Waals surface area contributed by atoms with Crippen molar-refractivity contribution in [2.24, 2.45) is 5.92 Å². The number of nitrogens with one attached hydrogen (secondary N) is 1. The van der Waals surface area contributed by atoms with Gasteiger partial charge < -0.3 is 0 Å². The Balaban J connectivity index is 2.05. The summed E-state index contributed by atoms with van der Waals surface area (Å²) in [6.07, 6.45) is 5.08. The summed E-state index contributed by atoms with van der Waals surface area (Å²) in [6.45, 7) is 4.45. The average Bonchev–Trinajstić information content (AvgIpc) is 2.94. The van der Waals surface area contributed by atoms with Crippen molar-refractivity contribution in [1.82, 2.24) is 4.72 Å². The van der Waals surface area contributed by atoms with Crippen LogP contribution in [-0.4, -0.2) is 20.3 Å². The Morgan fingerprint density at radius 2 is 1.86 bits per heavy atom. The molecule has 21 heavy (non-hydrogen) atoms. The topological polar surface area (TPSA) is 46.2 Å². The van der Waals surface area contributed by atoms with E-state index in [-0.39, 0.29) is 11.9 Å². The first kappa shape index (κ1) is 16.8. The van der Waals surface area contributed by atoms with E-state index in [0.717, 1.165) is 32.1 Å². The summed E-state index contributed by atoms with van der Waals surface area (Å²) < 4.78 is 27.4. The molecule has 118 valence electrons. The van der Waals surface area contributed by atoms with E-state index in [2.05, 4.69) is 18.6 Å². The number of fused-ring (bicyclic) bond motifs is 1. The van der Waals surface area contributed by atoms with E-state index in [1.165, 1.54) is 11.1 Å². The molecule has 0 amide bonds. The number of hydrogen-bond acceptors (Lipinski definition) is 2. The van der Waals surface area contributed by atoms with E-state index >= 15 is 0 Å². The largest absolute Gasteiger partial charge is 0.240 e. The molecule has 0 aromatic heterocycles. The third kappa shape index (κ3) is 3.99. The molecule has 2 rings (SSSR count). The van der Waals surface area contributed by atoms with Crippen molar-refractivity contribution >= 4 is 21.6 Å². The van der Waals surface area contributed by atoms with Gasteiger partial charge in [-0.05, 0) is 48.4 Å². The lowest BCUT2D eigenvalue weighted by molar-refractivity contribution is 0.460. The summed E-state index contributed by atoms with van der Waals surface area (Å²) in [5.74, 6) is 0.342. The highest BCUT2D eigenvalue weighted by Crippen LogP contribution is 2.25. The molecule has 1 aliphatic rings. The van der Waals surface area contributed by atoms with Crippen LogP contribution in [0.15, 0.2) is 23.1 Å². The normalized spacial score (nSPS) is 16.2. The maximum Gasteiger partial charge on any atom is 0.240 e. The number of benzene rings is 1. The Hall–Kier alpha value is -0.580. The first-order valence-electron chi connectivity index (χ1n) is 7.73. The zero-order valence-electron chi connectivity index (χ0n) is 12.7. The Kier molecular flexibility index (Phi) is 5.69. The van der Waals surface area contributed by atoms with Gasteiger partial charge in [0.05, 0.1) is 4.90 Å². The van der Waals surface area contributed by atoms with Crippen LogP contribution in [0.5, 0.6) is 0 Å². The molecule has 0 saturated carbocycles. The van der Waals surface area contributed by atoms with Crippen LogP contribution < -0.4 is 4.72 Å². The summed E-state index contributed by atoms with van der Waals surface area (Å²) >= 11 is 6.31. The van der Waals surface area contributed by atoms with Gasteiger partial charge in [-0.1, -0.05) is 32.8 Å². The molecule has 0 aliphatic heterocycles. The van der Waals surface area contributed by atoms with Gasteiger partial charge in [-0.25, -0.2) is 13.1 Å². The van der Waals surface area contributed by atoms with Crippen LogP contribution >= 0.6 is 11.6 Å². The molecule has 0 radical (unpaired) electrons. The van der Waals surface area contributed by atoms with Crippen molar-refractivity contribution in [2.45, 2.75) is 56.2 Å². The van der Waals surface area contributed by atoms with Gasteiger partial charge in [0.25, 0.3) is 0 Å². The predicted molar refractivity (Wildman–Crippen MR) is 87.4 cm³/mol. The highest BCUT2D eigenvalue weighted by atomic mass is 35.5. The zero-order chi connectivity index (χ0) is 15.5. The molecule has 3 nitrogen and oxygen atoms in total. The molecule has 1 unspecified atom stereocenters. The molecule has 1 atom stereocenters. The van der Waals surface area contributed by atoms with Crippen molar-refractivity contribution < 1.29 is 8.42 Å². The second-order valence-electron chi connectivity index (χ2n) is 5.73. The fourth-order valence-corrected chi connectivity index (χ4v) is 4.59. The van der Waals surface area contributed by atoms with E-state index in [1.54, 1.807) is 6.07 Å². The molecular formula is C16H24ClNO2S. The van der Waals surface area contributed by atoms with Crippen LogP contribution in [0.4, 0.5) is 0 Å². The monoisotopic (exact) mass is 329 g/mol. The third-order valence-electron chi connectivity index (χ3n) is 4.41. The van der Waals surface area contributed by atoms with Crippen LogP contribution in [0.3, 0.4) is 0 Å². The summed E-state index contributed by atoms with van der Waals surface area (Å²) in [5, 5.41) is -0.163. The number of rotatable bonds is 7. The summed E-state index contributed by atoms with van der Waals surface area (Å²) in [4.78, 5) is 0.358. The fourth-order valence-electron chi connectivity index (χ4n) is 2.95. The van der Waals surface area contributed by atoms with Gasteiger partial charge in [-0.3, -0.25) is 0 Å². The number of alkyl halides is 1. The van der Waals surface area contributed by atoms with Crippen molar-refractivity contribution in [3.63, 3.8) is 0 Å². The Labute approximate surface area is 133 Å². The lowest BCUT2D eigenvalue weighted by atomic mass is 9.99. The molecule has 0 fully saturated rings. The first-order valence-corrected chi connectivity index (χ1v) is 9.65. The second-order valence-corrected chi connectivity index (χ2v) is 8.06. The quantitative estimate of drug-likeness (QED) is 0.778. The predicted octanol–water partition coefficient (Wildman–Crippen LogP) is 3.50. The van der Waals surface area contributed by atoms with Crippen LogP contribution in [0.25, 0.3) is 0 Å². The zero-order valence-corrected chi connectivity index (χ0v) is 14.3. The first-order chi connectivity index (χ1) is 9.97. The molecule has 0 spiro atoms. The summed E-state index contributed by atoms with van der Waals surface area (Å²) in [5.41, 5.74) is 2.45. The highest BCUT2D eigenvalue weighted by molar-refractivity contribution is 7.89.